The van der Waals surface area contributed by atoms with E-state index < -0.39 is 0 Å². The number of Topliss-reactive ketones (excluding diaryl/α,β-unsaturated/α-hetero) is 1. The van der Waals surface area contributed by atoms with E-state index in [1.54, 1.807) is 0 Å². The van der Waals surface area contributed by atoms with E-state index in [9.17, 15) is 9.59 Å². The van der Waals surface area contributed by atoms with Gasteiger partial charge in [-0.2, -0.15) is 0 Å². The maximum absolute atomic E-state index is 12.1. The summed E-state index contributed by atoms with van der Waals surface area (Å²) in [6, 6.07) is 0. The van der Waals surface area contributed by atoms with E-state index in [1.807, 2.05) is 11.9 Å². The van der Waals surface area contributed by atoms with Crippen molar-refractivity contribution in [3.05, 3.63) is 0 Å². The molecule has 0 aliphatic carbocycles. The van der Waals surface area contributed by atoms with Crippen LogP contribution in [0.4, 0.5) is 0 Å². The molecule has 0 unspecified atom stereocenters. The molecule has 1 amide bonds. The number of rotatable bonds is 4. The van der Waals surface area contributed by atoms with E-state index in [1.165, 1.54) is 0 Å². The van der Waals surface area contributed by atoms with Crippen LogP contribution in [0, 0.1) is 5.92 Å². The Balaban J connectivity index is 1.70. The van der Waals surface area contributed by atoms with E-state index in [-0.39, 0.29) is 11.7 Å². The van der Waals surface area contributed by atoms with Gasteiger partial charge in [0.05, 0.1) is 6.54 Å². The average molecular weight is 268 g/mol. The molecule has 19 heavy (non-hydrogen) atoms. The summed E-state index contributed by atoms with van der Waals surface area (Å²) in [7, 11) is 2.00. The van der Waals surface area contributed by atoms with Crippen LogP contribution in [0.25, 0.3) is 0 Å². The minimum Gasteiger partial charge on any atom is -0.381 e. The number of piperidine rings is 1. The van der Waals surface area contributed by atoms with Gasteiger partial charge in [0.15, 0.2) is 0 Å². The van der Waals surface area contributed by atoms with Gasteiger partial charge in [-0.05, 0) is 25.8 Å². The Morgan fingerprint density at radius 3 is 2.58 bits per heavy atom. The van der Waals surface area contributed by atoms with E-state index in [2.05, 4.69) is 4.90 Å². The molecule has 0 aromatic carbocycles. The third kappa shape index (κ3) is 4.58. The maximum atomic E-state index is 12.1. The van der Waals surface area contributed by atoms with Gasteiger partial charge in [0.25, 0.3) is 0 Å². The zero-order valence-electron chi connectivity index (χ0n) is 11.8. The lowest BCUT2D eigenvalue weighted by atomic mass is 10.00. The van der Waals surface area contributed by atoms with Crippen LogP contribution < -0.4 is 0 Å². The summed E-state index contributed by atoms with van der Waals surface area (Å²) in [5, 5.41) is 0. The first-order valence-corrected chi connectivity index (χ1v) is 7.21. The number of hydrogen-bond donors (Lipinski definition) is 0. The lowest BCUT2D eigenvalue weighted by molar-refractivity contribution is -0.135. The number of carbonyl (C=O) groups is 2. The minimum atomic E-state index is 0.155. The van der Waals surface area contributed by atoms with Crippen LogP contribution >= 0.6 is 0 Å². The van der Waals surface area contributed by atoms with Crippen LogP contribution in [0.15, 0.2) is 0 Å². The first kappa shape index (κ1) is 14.5. The molecule has 2 rings (SSSR count). The Labute approximate surface area is 114 Å². The van der Waals surface area contributed by atoms with Gasteiger partial charge in [0, 0.05) is 45.7 Å². The van der Waals surface area contributed by atoms with Crippen molar-refractivity contribution < 1.29 is 14.3 Å². The molecule has 2 fully saturated rings. The third-order valence-corrected chi connectivity index (χ3v) is 3.99. The second-order valence-corrected chi connectivity index (χ2v) is 5.67. The van der Waals surface area contributed by atoms with Crippen LogP contribution in [0.1, 0.15) is 25.7 Å². The number of likely N-dealkylation sites (tertiary alicyclic amines) is 1. The first-order chi connectivity index (χ1) is 9.15. The molecule has 2 heterocycles. The predicted molar refractivity (Wildman–Crippen MR) is 71.9 cm³/mol. The molecule has 5 nitrogen and oxygen atoms in total. The highest BCUT2D eigenvalue weighted by atomic mass is 16.5. The number of ether oxygens (including phenoxy) is 1. The van der Waals surface area contributed by atoms with E-state index in [0.29, 0.717) is 38.4 Å². The van der Waals surface area contributed by atoms with Gasteiger partial charge in [0.2, 0.25) is 5.91 Å². The van der Waals surface area contributed by atoms with Crippen molar-refractivity contribution >= 4 is 11.7 Å². The van der Waals surface area contributed by atoms with Crippen molar-refractivity contribution in [1.29, 1.82) is 0 Å². The van der Waals surface area contributed by atoms with Gasteiger partial charge < -0.3 is 9.64 Å². The summed E-state index contributed by atoms with van der Waals surface area (Å²) in [6.07, 6.45) is 3.23. The van der Waals surface area contributed by atoms with Crippen LogP contribution in [0.3, 0.4) is 0 Å². The van der Waals surface area contributed by atoms with Crippen LogP contribution in [-0.4, -0.2) is 67.9 Å². The molecule has 0 saturated carbocycles. The number of nitrogens with zero attached hydrogens (tertiary/aromatic N) is 2. The normalized spacial score (nSPS) is 22.0. The Morgan fingerprint density at radius 2 is 1.95 bits per heavy atom. The fourth-order valence-electron chi connectivity index (χ4n) is 2.77. The van der Waals surface area contributed by atoms with Crippen LogP contribution in [0.5, 0.6) is 0 Å². The minimum absolute atomic E-state index is 0.155. The highest BCUT2D eigenvalue weighted by Crippen LogP contribution is 2.15. The topological polar surface area (TPSA) is 49.9 Å². The number of ketones is 1. The standard InChI is InChI=1S/C14H24N2O3/c1-15(10-12-4-8-19-9-5-12)11-14(18)16-6-2-13(17)3-7-16/h12H,2-11H2,1H3. The smallest absolute Gasteiger partial charge is 0.236 e. The third-order valence-electron chi connectivity index (χ3n) is 3.99. The Morgan fingerprint density at radius 1 is 1.32 bits per heavy atom. The lowest BCUT2D eigenvalue weighted by Crippen LogP contribution is -2.44. The van der Waals surface area contributed by atoms with Gasteiger partial charge in [-0.1, -0.05) is 0 Å². The predicted octanol–water partition coefficient (Wildman–Crippen LogP) is 0.536. The van der Waals surface area contributed by atoms with E-state index >= 15 is 0 Å². The summed E-state index contributed by atoms with van der Waals surface area (Å²) in [4.78, 5) is 27.2. The Kier molecular flexibility index (Phi) is 5.34. The summed E-state index contributed by atoms with van der Waals surface area (Å²) in [5.41, 5.74) is 0. The van der Waals surface area contributed by atoms with Crippen molar-refractivity contribution in [1.82, 2.24) is 9.80 Å². The molecule has 0 aromatic rings. The van der Waals surface area contributed by atoms with Crippen molar-refractivity contribution in [2.75, 3.05) is 46.4 Å². The second-order valence-electron chi connectivity index (χ2n) is 5.67. The fraction of sp³-hybridized carbons (Fsp3) is 0.857. The quantitative estimate of drug-likeness (QED) is 0.746. The van der Waals surface area contributed by atoms with Crippen molar-refractivity contribution in [3.8, 4) is 0 Å². The molecule has 0 aromatic heterocycles. The molecule has 0 bridgehead atoms. The van der Waals surface area contributed by atoms with Gasteiger partial charge in [-0.25, -0.2) is 0 Å². The fourth-order valence-corrected chi connectivity index (χ4v) is 2.77. The Bertz CT molecular complexity index is 317. The van der Waals surface area contributed by atoms with Gasteiger partial charge in [-0.3, -0.25) is 14.5 Å². The molecular weight excluding hydrogens is 244 g/mol. The zero-order valence-corrected chi connectivity index (χ0v) is 11.8. The largest absolute Gasteiger partial charge is 0.381 e. The lowest BCUT2D eigenvalue weighted by Gasteiger charge is -2.30. The monoisotopic (exact) mass is 268 g/mol. The molecule has 5 heteroatoms. The van der Waals surface area contributed by atoms with E-state index in [4.69, 9.17) is 4.74 Å². The molecule has 0 N–H and O–H groups in total. The number of likely N-dealkylation sites (N-methyl/N-ethyl adjacent to an activating group) is 1. The van der Waals surface area contributed by atoms with Crippen molar-refractivity contribution in [2.24, 2.45) is 5.92 Å². The molecule has 2 saturated heterocycles. The number of hydrogen-bond acceptors (Lipinski definition) is 4. The van der Waals surface area contributed by atoms with Gasteiger partial charge in [0.1, 0.15) is 5.78 Å². The zero-order chi connectivity index (χ0) is 13.7. The Hall–Kier alpha value is -0.940. The molecule has 2 aliphatic rings. The molecule has 108 valence electrons. The van der Waals surface area contributed by atoms with Crippen molar-refractivity contribution in [3.63, 3.8) is 0 Å². The second kappa shape index (κ2) is 7.01. The highest BCUT2D eigenvalue weighted by molar-refractivity contribution is 5.84. The molecule has 0 radical (unpaired) electrons. The van der Waals surface area contributed by atoms with E-state index in [0.717, 1.165) is 32.6 Å². The number of amides is 1. The average Bonchev–Trinajstić information content (AvgIpc) is 2.40. The molecule has 2 aliphatic heterocycles. The molecular formula is C14H24N2O3. The summed E-state index contributed by atoms with van der Waals surface area (Å²) >= 11 is 0. The summed E-state index contributed by atoms with van der Waals surface area (Å²) in [5.74, 6) is 1.08. The highest BCUT2D eigenvalue weighted by Gasteiger charge is 2.22. The van der Waals surface area contributed by atoms with Crippen LogP contribution in [-0.2, 0) is 14.3 Å². The van der Waals surface area contributed by atoms with Gasteiger partial charge >= 0.3 is 0 Å². The SMILES string of the molecule is CN(CC(=O)N1CCC(=O)CC1)CC1CCOCC1. The number of carbonyl (C=O) groups excluding carboxylic acids is 2. The first-order valence-electron chi connectivity index (χ1n) is 7.21. The van der Waals surface area contributed by atoms with Gasteiger partial charge in [-0.15, -0.1) is 0 Å². The molecule has 0 atom stereocenters. The summed E-state index contributed by atoms with van der Waals surface area (Å²) < 4.78 is 5.34. The molecule has 0 spiro atoms. The van der Waals surface area contributed by atoms with Crippen molar-refractivity contribution in [2.45, 2.75) is 25.7 Å². The van der Waals surface area contributed by atoms with Crippen LogP contribution in [0.2, 0.25) is 0 Å². The summed E-state index contributed by atoms with van der Waals surface area (Å²) in [6.45, 7) is 4.32. The maximum Gasteiger partial charge on any atom is 0.236 e.